The van der Waals surface area contributed by atoms with Gasteiger partial charge in [0, 0.05) is 18.2 Å². The van der Waals surface area contributed by atoms with Crippen LogP contribution in [0.5, 0.6) is 0 Å². The van der Waals surface area contributed by atoms with Crippen molar-refractivity contribution in [3.05, 3.63) is 23.2 Å². The summed E-state index contributed by atoms with van der Waals surface area (Å²) in [6.07, 6.45) is -3.96. The highest BCUT2D eigenvalue weighted by Gasteiger charge is 2.27. The van der Waals surface area contributed by atoms with E-state index in [4.69, 9.17) is 10.2 Å². The van der Waals surface area contributed by atoms with Gasteiger partial charge in [0.15, 0.2) is 0 Å². The third-order valence-electron chi connectivity index (χ3n) is 2.32. The van der Waals surface area contributed by atoms with Gasteiger partial charge in [-0.1, -0.05) is 0 Å². The Hall–Kier alpha value is -1.01. The largest absolute Gasteiger partial charge is 0.466 e. The summed E-state index contributed by atoms with van der Waals surface area (Å²) in [5.41, 5.74) is 6.66. The molecule has 0 aliphatic rings. The molecule has 0 aliphatic heterocycles. The number of furan rings is 1. The van der Waals surface area contributed by atoms with Crippen LogP contribution in [-0.4, -0.2) is 19.4 Å². The molecule has 1 aromatic heterocycles. The first-order chi connectivity index (χ1) is 7.79. The minimum atomic E-state index is -4.29. The van der Waals surface area contributed by atoms with Crippen LogP contribution >= 0.6 is 0 Å². The lowest BCUT2D eigenvalue weighted by Gasteiger charge is -2.12. The molecule has 0 aromatic carbocycles. The first-order valence-electron chi connectivity index (χ1n) is 5.26. The van der Waals surface area contributed by atoms with Crippen molar-refractivity contribution in [3.8, 4) is 0 Å². The first-order valence-corrected chi connectivity index (χ1v) is 5.26. The SMILES string of the molecule is Cc1cc(C(N)CCOCC(F)(F)F)c(C)o1. The normalized spacial score (nSPS) is 14.0. The first kappa shape index (κ1) is 14.1. The summed E-state index contributed by atoms with van der Waals surface area (Å²) < 4.78 is 45.2. The second kappa shape index (κ2) is 5.55. The third kappa shape index (κ3) is 4.79. The second-order valence-corrected chi connectivity index (χ2v) is 3.93. The molecule has 1 aromatic rings. The monoisotopic (exact) mass is 251 g/mol. The van der Waals surface area contributed by atoms with Gasteiger partial charge in [0.25, 0.3) is 0 Å². The molecule has 1 atom stereocenters. The maximum Gasteiger partial charge on any atom is 0.411 e. The predicted octanol–water partition coefficient (Wildman–Crippen LogP) is 2.87. The highest BCUT2D eigenvalue weighted by atomic mass is 19.4. The topological polar surface area (TPSA) is 48.4 Å². The molecule has 0 fully saturated rings. The molecule has 1 rings (SSSR count). The van der Waals surface area contributed by atoms with Crippen molar-refractivity contribution in [1.29, 1.82) is 0 Å². The van der Waals surface area contributed by atoms with Crippen LogP contribution in [0.25, 0.3) is 0 Å². The summed E-state index contributed by atoms with van der Waals surface area (Å²) in [6.45, 7) is 2.32. The average molecular weight is 251 g/mol. The molecule has 17 heavy (non-hydrogen) atoms. The number of hydrogen-bond acceptors (Lipinski definition) is 3. The number of nitrogens with two attached hydrogens (primary N) is 1. The fraction of sp³-hybridized carbons (Fsp3) is 0.636. The molecule has 98 valence electrons. The molecular formula is C11H16F3NO2. The van der Waals surface area contributed by atoms with Crippen LogP contribution < -0.4 is 5.73 Å². The number of rotatable bonds is 5. The van der Waals surface area contributed by atoms with Crippen molar-refractivity contribution in [2.45, 2.75) is 32.5 Å². The molecule has 1 heterocycles. The Morgan fingerprint density at radius 2 is 2.06 bits per heavy atom. The molecule has 0 bridgehead atoms. The van der Waals surface area contributed by atoms with E-state index in [1.54, 1.807) is 19.9 Å². The van der Waals surface area contributed by atoms with Crippen molar-refractivity contribution in [1.82, 2.24) is 0 Å². The van der Waals surface area contributed by atoms with E-state index < -0.39 is 12.8 Å². The van der Waals surface area contributed by atoms with Crippen LogP contribution in [0.4, 0.5) is 13.2 Å². The standard InChI is InChI=1S/C11H16F3NO2/c1-7-5-9(8(2)17-7)10(15)3-4-16-6-11(12,13)14/h5,10H,3-4,6,15H2,1-2H3. The van der Waals surface area contributed by atoms with Crippen LogP contribution in [0.2, 0.25) is 0 Å². The van der Waals surface area contributed by atoms with Crippen LogP contribution in [0.3, 0.4) is 0 Å². The van der Waals surface area contributed by atoms with E-state index in [1.807, 2.05) is 0 Å². The minimum Gasteiger partial charge on any atom is -0.466 e. The molecule has 0 radical (unpaired) electrons. The zero-order chi connectivity index (χ0) is 13.1. The smallest absolute Gasteiger partial charge is 0.411 e. The van der Waals surface area contributed by atoms with Gasteiger partial charge in [-0.2, -0.15) is 13.2 Å². The van der Waals surface area contributed by atoms with Crippen molar-refractivity contribution in [2.75, 3.05) is 13.2 Å². The molecule has 0 spiro atoms. The van der Waals surface area contributed by atoms with Gasteiger partial charge in [-0.25, -0.2) is 0 Å². The lowest BCUT2D eigenvalue weighted by molar-refractivity contribution is -0.174. The highest BCUT2D eigenvalue weighted by Crippen LogP contribution is 2.22. The quantitative estimate of drug-likeness (QED) is 0.818. The number of halogens is 3. The fourth-order valence-corrected chi connectivity index (χ4v) is 1.57. The average Bonchev–Trinajstić information content (AvgIpc) is 2.51. The van der Waals surface area contributed by atoms with E-state index in [1.165, 1.54) is 0 Å². The van der Waals surface area contributed by atoms with E-state index >= 15 is 0 Å². The van der Waals surface area contributed by atoms with Crippen molar-refractivity contribution in [3.63, 3.8) is 0 Å². The Labute approximate surface area is 97.7 Å². The van der Waals surface area contributed by atoms with Crippen LogP contribution in [0.1, 0.15) is 29.5 Å². The van der Waals surface area contributed by atoms with Gasteiger partial charge < -0.3 is 14.9 Å². The van der Waals surface area contributed by atoms with E-state index in [-0.39, 0.29) is 12.6 Å². The second-order valence-electron chi connectivity index (χ2n) is 3.93. The van der Waals surface area contributed by atoms with Gasteiger partial charge in [-0.05, 0) is 26.3 Å². The third-order valence-corrected chi connectivity index (χ3v) is 2.32. The zero-order valence-electron chi connectivity index (χ0n) is 9.80. The molecule has 0 aliphatic carbocycles. The summed E-state index contributed by atoms with van der Waals surface area (Å²) in [5, 5.41) is 0. The molecule has 0 amide bonds. The minimum absolute atomic E-state index is 0.0235. The number of aryl methyl sites for hydroxylation is 2. The molecule has 2 N–H and O–H groups in total. The van der Waals surface area contributed by atoms with Gasteiger partial charge in [-0.3, -0.25) is 0 Å². The Morgan fingerprint density at radius 3 is 2.53 bits per heavy atom. The maximum absolute atomic E-state index is 11.8. The van der Waals surface area contributed by atoms with Crippen LogP contribution in [0.15, 0.2) is 10.5 Å². The highest BCUT2D eigenvalue weighted by molar-refractivity contribution is 5.23. The van der Waals surface area contributed by atoms with Crippen LogP contribution in [-0.2, 0) is 4.74 Å². The fourth-order valence-electron chi connectivity index (χ4n) is 1.57. The number of hydrogen-bond donors (Lipinski definition) is 1. The van der Waals surface area contributed by atoms with E-state index in [2.05, 4.69) is 4.74 Å². The molecular weight excluding hydrogens is 235 g/mol. The predicted molar refractivity (Wildman–Crippen MR) is 56.6 cm³/mol. The molecule has 1 unspecified atom stereocenters. The number of ether oxygens (including phenoxy) is 1. The van der Waals surface area contributed by atoms with E-state index in [9.17, 15) is 13.2 Å². The summed E-state index contributed by atoms with van der Waals surface area (Å²) in [5.74, 6) is 1.44. The zero-order valence-corrected chi connectivity index (χ0v) is 9.80. The lowest BCUT2D eigenvalue weighted by Crippen LogP contribution is -2.19. The molecule has 0 saturated carbocycles. The maximum atomic E-state index is 11.8. The van der Waals surface area contributed by atoms with Gasteiger partial charge >= 0.3 is 6.18 Å². The molecule has 0 saturated heterocycles. The van der Waals surface area contributed by atoms with Gasteiger partial charge in [0.05, 0.1) is 0 Å². The van der Waals surface area contributed by atoms with Gasteiger partial charge in [0.2, 0.25) is 0 Å². The summed E-state index contributed by atoms with van der Waals surface area (Å²) in [6, 6.07) is 1.43. The van der Waals surface area contributed by atoms with Crippen molar-refractivity contribution in [2.24, 2.45) is 5.73 Å². The Balaban J connectivity index is 2.35. The van der Waals surface area contributed by atoms with E-state index in [0.29, 0.717) is 12.2 Å². The Kier molecular flexibility index (Phi) is 4.59. The molecule has 6 heteroatoms. The van der Waals surface area contributed by atoms with Crippen molar-refractivity contribution < 1.29 is 22.3 Å². The molecule has 3 nitrogen and oxygen atoms in total. The van der Waals surface area contributed by atoms with Gasteiger partial charge in [-0.15, -0.1) is 0 Å². The Bertz CT molecular complexity index is 360. The summed E-state index contributed by atoms with van der Waals surface area (Å²) in [7, 11) is 0. The summed E-state index contributed by atoms with van der Waals surface area (Å²) >= 11 is 0. The van der Waals surface area contributed by atoms with E-state index in [0.717, 1.165) is 11.3 Å². The van der Waals surface area contributed by atoms with Crippen LogP contribution in [0, 0.1) is 13.8 Å². The number of alkyl halides is 3. The summed E-state index contributed by atoms with van der Waals surface area (Å²) in [4.78, 5) is 0. The van der Waals surface area contributed by atoms with Gasteiger partial charge in [0.1, 0.15) is 18.1 Å². The lowest BCUT2D eigenvalue weighted by atomic mass is 10.1. The van der Waals surface area contributed by atoms with Crippen molar-refractivity contribution >= 4 is 0 Å². The Morgan fingerprint density at radius 1 is 1.41 bits per heavy atom.